The van der Waals surface area contributed by atoms with Crippen molar-refractivity contribution in [1.82, 2.24) is 0 Å². The van der Waals surface area contributed by atoms with Gasteiger partial charge in [0.2, 0.25) is 0 Å². The summed E-state index contributed by atoms with van der Waals surface area (Å²) in [6.45, 7) is 3.31. The summed E-state index contributed by atoms with van der Waals surface area (Å²) in [7, 11) is 2.86. The zero-order valence-corrected chi connectivity index (χ0v) is 26.0. The molecule has 1 aliphatic rings. The van der Waals surface area contributed by atoms with Crippen molar-refractivity contribution in [1.29, 1.82) is 0 Å². The molecule has 0 fully saturated rings. The fourth-order valence-corrected chi connectivity index (χ4v) is 4.43. The molecule has 0 heterocycles. The van der Waals surface area contributed by atoms with Gasteiger partial charge in [-0.3, -0.25) is 9.59 Å². The van der Waals surface area contributed by atoms with Gasteiger partial charge in [0.05, 0.1) is 42.3 Å². The van der Waals surface area contributed by atoms with Crippen LogP contribution in [0.25, 0.3) is 0 Å². The molecule has 1 amide bonds. The molecule has 0 saturated carbocycles. The lowest BCUT2D eigenvalue weighted by molar-refractivity contribution is -0.112. The number of carbonyl (C=O) groups excluding carboxylic acids is 2. The summed E-state index contributed by atoms with van der Waals surface area (Å²) in [5, 5.41) is 21.3. The Kier molecular flexibility index (Phi) is 10.7. The number of anilines is 2. The van der Waals surface area contributed by atoms with Crippen LogP contribution in [0.1, 0.15) is 50.5 Å². The Morgan fingerprint density at radius 1 is 0.792 bits per heavy atom. The number of allylic oxidation sites excluding steroid dienone is 1. The lowest BCUT2D eigenvalue weighted by Gasteiger charge is -2.19. The number of hydrogen-bond acceptors (Lipinski definition) is 8. The minimum Gasteiger partial charge on any atom is -0.494 e. The molecule has 3 N–H and O–H groups in total. The number of Topliss-reactive ketones (excluding diaryl/α,β-unsaturated/α-hetero) is 1. The minimum absolute atomic E-state index is 0.132. The molecule has 4 rings (SSSR count). The van der Waals surface area contributed by atoms with Gasteiger partial charge in [0, 0.05) is 52.9 Å². The number of amides is 1. The average molecular weight is 640 g/mol. The van der Waals surface area contributed by atoms with Gasteiger partial charge < -0.3 is 25.0 Å². The molecule has 0 saturated heterocycles. The number of fused-ring (bicyclic) bond motifs is 1. The zero-order valence-electron chi connectivity index (χ0n) is 26.0. The lowest BCUT2D eigenvalue weighted by atomic mass is 9.88. The summed E-state index contributed by atoms with van der Waals surface area (Å²) < 4.78 is 11.3. The van der Waals surface area contributed by atoms with Crippen molar-refractivity contribution in [3.63, 3.8) is 0 Å². The molecule has 0 spiro atoms. The molecule has 0 unspecified atom stereocenters. The summed E-state index contributed by atoms with van der Waals surface area (Å²) in [5.41, 5.74) is 0.298. The second kappa shape index (κ2) is 15.2. The van der Waals surface area contributed by atoms with E-state index in [1.54, 1.807) is 44.2 Å². The normalized spacial score (nSPS) is 11.7. The predicted molar refractivity (Wildman–Crippen MR) is 179 cm³/mol. The molecule has 3 aromatic carbocycles. The number of hydrogen-bond donors (Lipinski definition) is 3. The number of ketones is 1. The first-order valence-corrected chi connectivity index (χ1v) is 13.9. The molecule has 1 aliphatic carbocycles. The Morgan fingerprint density at radius 3 is 1.83 bits per heavy atom. The molecule has 0 atom stereocenters. The number of aromatic carboxylic acids is 2. The van der Waals surface area contributed by atoms with E-state index in [9.17, 15) is 29.4 Å². The van der Waals surface area contributed by atoms with Crippen LogP contribution in [0.3, 0.4) is 0 Å². The summed E-state index contributed by atoms with van der Waals surface area (Å²) in [6.07, 6.45) is 1.28. The van der Waals surface area contributed by atoms with Crippen LogP contribution in [0.5, 0.6) is 11.5 Å². The van der Waals surface area contributed by atoms with Crippen LogP contribution in [0, 0.1) is 47.6 Å². The maximum atomic E-state index is 13.5. The highest BCUT2D eigenvalue weighted by atomic mass is 16.5. The van der Waals surface area contributed by atoms with Crippen molar-refractivity contribution in [3.05, 3.63) is 88.5 Å². The van der Waals surface area contributed by atoms with Crippen LogP contribution in [-0.4, -0.2) is 53.8 Å². The highest BCUT2D eigenvalue weighted by Gasteiger charge is 2.29. The third kappa shape index (κ3) is 7.53. The van der Waals surface area contributed by atoms with Crippen LogP contribution in [0.2, 0.25) is 0 Å². The van der Waals surface area contributed by atoms with E-state index < -0.39 is 23.6 Å². The van der Waals surface area contributed by atoms with E-state index in [1.807, 2.05) is 0 Å². The van der Waals surface area contributed by atoms with Gasteiger partial charge in [0.1, 0.15) is 17.2 Å². The number of carboxylic acids is 2. The fourth-order valence-electron chi connectivity index (χ4n) is 4.43. The van der Waals surface area contributed by atoms with Gasteiger partial charge in [-0.05, 0) is 50.0 Å². The van der Waals surface area contributed by atoms with Gasteiger partial charge >= 0.3 is 11.9 Å². The average Bonchev–Trinajstić information content (AvgIpc) is 3.08. The highest BCUT2D eigenvalue weighted by Crippen LogP contribution is 2.42. The van der Waals surface area contributed by atoms with Crippen molar-refractivity contribution in [2.45, 2.75) is 13.8 Å². The zero-order chi connectivity index (χ0) is 34.8. The van der Waals surface area contributed by atoms with Gasteiger partial charge in [-0.15, -0.1) is 0 Å². The number of rotatable bonds is 8. The first-order chi connectivity index (χ1) is 23.1. The van der Waals surface area contributed by atoms with Crippen LogP contribution in [0.15, 0.2) is 71.2 Å². The topological polar surface area (TPSA) is 155 Å². The predicted octanol–water partition coefficient (Wildman–Crippen LogP) is 4.76. The number of carboxylic acid groups (broad SMARTS) is 2. The van der Waals surface area contributed by atoms with Crippen LogP contribution < -0.4 is 19.7 Å². The first-order valence-electron chi connectivity index (χ1n) is 13.9. The van der Waals surface area contributed by atoms with Gasteiger partial charge in [0.15, 0.2) is 5.78 Å². The molecule has 0 aliphatic heterocycles. The van der Waals surface area contributed by atoms with E-state index >= 15 is 0 Å². The number of benzene rings is 3. The van der Waals surface area contributed by atoms with E-state index in [0.29, 0.717) is 11.3 Å². The highest BCUT2D eigenvalue weighted by molar-refractivity contribution is 6.37. The number of aliphatic imine (C=N–C) groups is 1. The maximum absolute atomic E-state index is 13.5. The van der Waals surface area contributed by atoms with Crippen molar-refractivity contribution in [2.75, 3.05) is 24.4 Å². The lowest BCUT2D eigenvalue weighted by Crippen LogP contribution is -2.26. The molecule has 48 heavy (non-hydrogen) atoms. The van der Waals surface area contributed by atoms with Crippen LogP contribution >= 0.6 is 0 Å². The molecule has 11 heteroatoms. The van der Waals surface area contributed by atoms with E-state index in [1.165, 1.54) is 31.3 Å². The Labute approximate surface area is 275 Å². The quantitative estimate of drug-likeness (QED) is 0.180. The van der Waals surface area contributed by atoms with E-state index in [-0.39, 0.29) is 50.8 Å². The maximum Gasteiger partial charge on any atom is 0.335 e. The summed E-state index contributed by atoms with van der Waals surface area (Å²) >= 11 is 0. The number of nitrogens with one attached hydrogen (secondary N) is 1. The largest absolute Gasteiger partial charge is 0.494 e. The first kappa shape index (κ1) is 33.7. The van der Waals surface area contributed by atoms with Crippen LogP contribution in [-0.2, 0) is 4.79 Å². The fraction of sp³-hybridized carbons (Fsp3) is 0.108. The number of methoxy groups -OCH3 is 2. The second-order valence-corrected chi connectivity index (χ2v) is 9.55. The molecule has 0 radical (unpaired) electrons. The number of nitrogens with zero attached hydrogens (tertiary/aromatic N) is 2. The van der Waals surface area contributed by atoms with Gasteiger partial charge in [-0.1, -0.05) is 36.1 Å². The van der Waals surface area contributed by atoms with Crippen molar-refractivity contribution in [3.8, 4) is 59.1 Å². The van der Waals surface area contributed by atoms with E-state index in [4.69, 9.17) is 14.5 Å². The number of ether oxygens (including phenoxy) is 2. The smallest absolute Gasteiger partial charge is 0.335 e. The Morgan fingerprint density at radius 2 is 1.33 bits per heavy atom. The van der Waals surface area contributed by atoms with Gasteiger partial charge in [-0.2, -0.15) is 0 Å². The van der Waals surface area contributed by atoms with Crippen molar-refractivity contribution < 1.29 is 38.9 Å². The van der Waals surface area contributed by atoms with Crippen molar-refractivity contribution in [2.24, 2.45) is 4.99 Å². The third-order valence-electron chi connectivity index (χ3n) is 6.57. The summed E-state index contributed by atoms with van der Waals surface area (Å²) in [4.78, 5) is 56.3. The Bertz CT molecular complexity index is 2090. The van der Waals surface area contributed by atoms with Crippen molar-refractivity contribution >= 4 is 46.4 Å². The summed E-state index contributed by atoms with van der Waals surface area (Å²) in [6, 6.07) is 18.6. The number of carbonyl (C=O) groups is 4. The van der Waals surface area contributed by atoms with Gasteiger partial charge in [0.25, 0.3) is 5.91 Å². The van der Waals surface area contributed by atoms with Crippen LogP contribution in [0.4, 0.5) is 17.1 Å². The minimum atomic E-state index is -1.40. The molecule has 0 bridgehead atoms. The molecule has 236 valence electrons. The molecule has 0 aromatic heterocycles. The molecular weight excluding hydrogens is 614 g/mol. The molecule has 11 nitrogen and oxygen atoms in total. The second-order valence-electron chi connectivity index (χ2n) is 9.55. The Hall–Kier alpha value is -7.21. The summed E-state index contributed by atoms with van der Waals surface area (Å²) in [5.74, 6) is 12.3. The third-order valence-corrected chi connectivity index (χ3v) is 6.57. The molecular formula is C37H25N3O8. The standard InChI is InChI=1S/C37H25N3O8/c1-5-7-11-15-40(16-12-8-6-2)26-20-31(47-3)33(32(21-26)48-4)39-30-22-29(34(41)28-14-10-9-13-27(28)30)35(42)38-25-18-23(36(43)44)17-24(19-25)37(45)46/h9-10,13-14,17-22H,1-4H3,(H,38,42)(H,43,44)(H,45,46). The monoisotopic (exact) mass is 639 g/mol. The van der Waals surface area contributed by atoms with E-state index in [0.717, 1.165) is 18.2 Å². The molecule has 3 aromatic rings. The Balaban J connectivity index is 1.86. The van der Waals surface area contributed by atoms with E-state index in [2.05, 4.69) is 52.9 Å². The van der Waals surface area contributed by atoms with Gasteiger partial charge in [-0.25, -0.2) is 19.5 Å². The SMILES string of the molecule is CC#CC#CN(C#CC#CC)c1cc(OC)c(N=C2C=C(C(=O)Nc3cc(C(=O)O)cc(C(=O)O)c3)C(=O)c3ccccc32)c(OC)c1.